The van der Waals surface area contributed by atoms with Crippen LogP contribution in [0.15, 0.2) is 6.20 Å². The molecule has 0 saturated carbocycles. The van der Waals surface area contributed by atoms with Gasteiger partial charge in [0, 0.05) is 19.5 Å². The van der Waals surface area contributed by atoms with Crippen LogP contribution in [0.3, 0.4) is 0 Å². The molecule has 0 saturated heterocycles. The minimum absolute atomic E-state index is 0.176. The van der Waals surface area contributed by atoms with Crippen molar-refractivity contribution in [1.29, 1.82) is 0 Å². The first kappa shape index (κ1) is 8.99. The molecule has 0 aromatic carbocycles. The molecule has 66 valence electrons. The molecule has 0 aliphatic rings. The fourth-order valence-electron chi connectivity index (χ4n) is 0.729. The van der Waals surface area contributed by atoms with E-state index in [9.17, 15) is 4.79 Å². The highest BCUT2D eigenvalue weighted by atomic mass is 35.5. The molecule has 0 fully saturated rings. The number of carbonyl (C=O) groups excluding carboxylic acids is 1. The number of aromatic amines is 1. The second-order valence-corrected chi connectivity index (χ2v) is 2.65. The average molecular weight is 189 g/mol. The Kier molecular flexibility index (Phi) is 3.04. The van der Waals surface area contributed by atoms with Gasteiger partial charge >= 0.3 is 0 Å². The van der Waals surface area contributed by atoms with E-state index in [1.54, 1.807) is 7.05 Å². The van der Waals surface area contributed by atoms with Crippen LogP contribution >= 0.6 is 11.6 Å². The van der Waals surface area contributed by atoms with Crippen molar-refractivity contribution in [2.75, 3.05) is 19.5 Å². The van der Waals surface area contributed by atoms with Crippen molar-refractivity contribution < 1.29 is 4.79 Å². The van der Waals surface area contributed by atoms with E-state index in [0.717, 1.165) is 0 Å². The molecular formula is C6H9ClN4O. The van der Waals surface area contributed by atoms with Crippen LogP contribution in [0.2, 0.25) is 0 Å². The maximum atomic E-state index is 11.3. The zero-order chi connectivity index (χ0) is 8.97. The van der Waals surface area contributed by atoms with Crippen molar-refractivity contribution in [3.63, 3.8) is 0 Å². The van der Waals surface area contributed by atoms with Crippen LogP contribution in [-0.2, 0) is 0 Å². The van der Waals surface area contributed by atoms with Gasteiger partial charge in [0.2, 0.25) is 0 Å². The van der Waals surface area contributed by atoms with Gasteiger partial charge in [0.15, 0.2) is 5.69 Å². The molecule has 5 nitrogen and oxygen atoms in total. The molecule has 0 bridgehead atoms. The number of nitrogens with zero attached hydrogens (tertiary/aromatic N) is 3. The monoisotopic (exact) mass is 188 g/mol. The summed E-state index contributed by atoms with van der Waals surface area (Å²) in [6.45, 7) is 0.507. The van der Waals surface area contributed by atoms with Crippen molar-refractivity contribution in [3.05, 3.63) is 11.9 Å². The van der Waals surface area contributed by atoms with Gasteiger partial charge in [-0.05, 0) is 0 Å². The van der Waals surface area contributed by atoms with Gasteiger partial charge in [0.05, 0.1) is 6.20 Å². The van der Waals surface area contributed by atoms with Gasteiger partial charge in [-0.15, -0.1) is 11.6 Å². The standard InChI is InChI=1S/C6H9ClN4O/c1-11(3-2-7)6(12)5-4-8-10-9-5/h4H,2-3H2,1H3,(H,8,9,10). The van der Waals surface area contributed by atoms with E-state index in [4.69, 9.17) is 11.6 Å². The maximum absolute atomic E-state index is 11.3. The van der Waals surface area contributed by atoms with E-state index in [-0.39, 0.29) is 5.91 Å². The summed E-state index contributed by atoms with van der Waals surface area (Å²) < 4.78 is 0. The summed E-state index contributed by atoms with van der Waals surface area (Å²) in [7, 11) is 1.67. The summed E-state index contributed by atoms with van der Waals surface area (Å²) in [6, 6.07) is 0. The Morgan fingerprint density at radius 3 is 3.08 bits per heavy atom. The first-order chi connectivity index (χ1) is 5.75. The first-order valence-electron chi connectivity index (χ1n) is 3.43. The van der Waals surface area contributed by atoms with Crippen LogP contribution in [0.25, 0.3) is 0 Å². The van der Waals surface area contributed by atoms with E-state index in [0.29, 0.717) is 18.1 Å². The SMILES string of the molecule is CN(CCCl)C(=O)c1cn[nH]n1. The van der Waals surface area contributed by atoms with Crippen LogP contribution in [-0.4, -0.2) is 45.7 Å². The van der Waals surface area contributed by atoms with E-state index >= 15 is 0 Å². The van der Waals surface area contributed by atoms with E-state index in [1.165, 1.54) is 11.1 Å². The van der Waals surface area contributed by atoms with Gasteiger partial charge in [0.25, 0.3) is 5.91 Å². The second kappa shape index (κ2) is 4.06. The molecule has 0 spiro atoms. The largest absolute Gasteiger partial charge is 0.339 e. The Hall–Kier alpha value is -1.10. The lowest BCUT2D eigenvalue weighted by Gasteiger charge is -2.12. The summed E-state index contributed by atoms with van der Waals surface area (Å²) >= 11 is 5.46. The molecule has 1 rings (SSSR count). The lowest BCUT2D eigenvalue weighted by molar-refractivity contribution is 0.0797. The fourth-order valence-corrected chi connectivity index (χ4v) is 0.982. The summed E-state index contributed by atoms with van der Waals surface area (Å²) in [6.07, 6.45) is 1.38. The summed E-state index contributed by atoms with van der Waals surface area (Å²) in [5.74, 6) is 0.240. The lowest BCUT2D eigenvalue weighted by atomic mass is 10.4. The van der Waals surface area contributed by atoms with Crippen LogP contribution in [0.4, 0.5) is 0 Å². The molecule has 0 atom stereocenters. The van der Waals surface area contributed by atoms with Gasteiger partial charge in [0.1, 0.15) is 0 Å². The Morgan fingerprint density at radius 2 is 2.58 bits per heavy atom. The number of hydrogen-bond acceptors (Lipinski definition) is 3. The van der Waals surface area contributed by atoms with Gasteiger partial charge in [-0.25, -0.2) is 0 Å². The number of H-pyrrole nitrogens is 1. The average Bonchev–Trinajstić information content (AvgIpc) is 2.55. The third-order valence-electron chi connectivity index (χ3n) is 1.40. The maximum Gasteiger partial charge on any atom is 0.275 e. The summed E-state index contributed by atoms with van der Waals surface area (Å²) in [5.41, 5.74) is 0.308. The molecule has 0 radical (unpaired) electrons. The minimum Gasteiger partial charge on any atom is -0.339 e. The predicted octanol–water partition coefficient (Wildman–Crippen LogP) is 0.115. The van der Waals surface area contributed by atoms with Crippen molar-refractivity contribution in [2.45, 2.75) is 0 Å². The first-order valence-corrected chi connectivity index (χ1v) is 3.96. The smallest absolute Gasteiger partial charge is 0.275 e. The van der Waals surface area contributed by atoms with Crippen molar-refractivity contribution in [3.8, 4) is 0 Å². The van der Waals surface area contributed by atoms with Crippen LogP contribution < -0.4 is 0 Å². The highest BCUT2D eigenvalue weighted by molar-refractivity contribution is 6.18. The van der Waals surface area contributed by atoms with Crippen LogP contribution in [0.5, 0.6) is 0 Å². The summed E-state index contributed by atoms with van der Waals surface area (Å²) in [5, 5.41) is 9.55. The number of halogens is 1. The van der Waals surface area contributed by atoms with Crippen molar-refractivity contribution in [2.24, 2.45) is 0 Å². The molecule has 1 aromatic rings. The zero-order valence-electron chi connectivity index (χ0n) is 6.62. The molecule has 0 unspecified atom stereocenters. The van der Waals surface area contributed by atoms with Gasteiger partial charge in [-0.2, -0.15) is 15.4 Å². The number of hydrogen-bond donors (Lipinski definition) is 1. The zero-order valence-corrected chi connectivity index (χ0v) is 7.38. The molecule has 1 N–H and O–H groups in total. The van der Waals surface area contributed by atoms with Crippen LogP contribution in [0.1, 0.15) is 10.5 Å². The molecule has 0 aliphatic carbocycles. The van der Waals surface area contributed by atoms with Crippen LogP contribution in [0, 0.1) is 0 Å². The Balaban J connectivity index is 2.59. The third kappa shape index (κ3) is 1.94. The highest BCUT2D eigenvalue weighted by Gasteiger charge is 2.12. The van der Waals surface area contributed by atoms with Gasteiger partial charge < -0.3 is 4.90 Å². The number of alkyl halides is 1. The van der Waals surface area contributed by atoms with Gasteiger partial charge in [-0.3, -0.25) is 4.79 Å². The van der Waals surface area contributed by atoms with Gasteiger partial charge in [-0.1, -0.05) is 0 Å². The molecule has 0 aliphatic heterocycles. The van der Waals surface area contributed by atoms with E-state index < -0.39 is 0 Å². The number of nitrogens with one attached hydrogen (secondary N) is 1. The molecule has 1 amide bonds. The predicted molar refractivity (Wildman–Crippen MR) is 44.1 cm³/mol. The number of rotatable bonds is 3. The van der Waals surface area contributed by atoms with E-state index in [1.807, 2.05) is 0 Å². The number of amides is 1. The van der Waals surface area contributed by atoms with Crippen molar-refractivity contribution in [1.82, 2.24) is 20.3 Å². The quantitative estimate of drug-likeness (QED) is 0.686. The minimum atomic E-state index is -0.176. The highest BCUT2D eigenvalue weighted by Crippen LogP contribution is 1.96. The second-order valence-electron chi connectivity index (χ2n) is 2.27. The molecule has 1 heterocycles. The molecule has 12 heavy (non-hydrogen) atoms. The summed E-state index contributed by atoms with van der Waals surface area (Å²) in [4.78, 5) is 12.8. The van der Waals surface area contributed by atoms with Crippen molar-refractivity contribution >= 4 is 17.5 Å². The number of aromatic nitrogens is 3. The Labute approximate surface area is 74.7 Å². The molecular weight excluding hydrogens is 180 g/mol. The Morgan fingerprint density at radius 1 is 1.83 bits per heavy atom. The normalized spacial score (nSPS) is 9.83. The topological polar surface area (TPSA) is 61.9 Å². The third-order valence-corrected chi connectivity index (χ3v) is 1.57. The fraction of sp³-hybridized carbons (Fsp3) is 0.500. The number of carbonyl (C=O) groups is 1. The van der Waals surface area contributed by atoms with E-state index in [2.05, 4.69) is 15.4 Å². The molecule has 6 heteroatoms. The Bertz CT molecular complexity index is 248. The molecule has 1 aromatic heterocycles. The lowest BCUT2D eigenvalue weighted by Crippen LogP contribution is -2.28.